The van der Waals surface area contributed by atoms with Crippen LogP contribution in [0.4, 0.5) is 0 Å². The molecule has 0 unspecified atom stereocenters. The van der Waals surface area contributed by atoms with E-state index in [1.54, 1.807) is 0 Å². The average molecular weight is 157 g/mol. The first-order valence-electron chi connectivity index (χ1n) is 4.42. The normalized spacial score (nSPS) is 22.4. The lowest BCUT2D eigenvalue weighted by Gasteiger charge is -2.28. The van der Waals surface area contributed by atoms with Gasteiger partial charge in [-0.1, -0.05) is 0 Å². The zero-order valence-electron chi connectivity index (χ0n) is 7.34. The summed E-state index contributed by atoms with van der Waals surface area (Å²) in [5, 5.41) is 3.19. The maximum absolute atomic E-state index is 5.35. The molecule has 0 saturated carbocycles. The van der Waals surface area contributed by atoms with Crippen LogP contribution in [0.1, 0.15) is 12.8 Å². The van der Waals surface area contributed by atoms with Gasteiger partial charge in [0, 0.05) is 6.67 Å². The lowest BCUT2D eigenvalue weighted by atomic mass is 9.97. The predicted molar refractivity (Wildman–Crippen MR) is 47.3 cm³/mol. The van der Waals surface area contributed by atoms with E-state index in [0.717, 1.165) is 12.5 Å². The van der Waals surface area contributed by atoms with Crippen LogP contribution in [0.5, 0.6) is 0 Å². The predicted octanol–water partition coefficient (Wildman–Crippen LogP) is -0.166. The number of nitrogens with two attached hydrogens (primary N) is 1. The molecule has 66 valence electrons. The monoisotopic (exact) mass is 157 g/mol. The summed E-state index contributed by atoms with van der Waals surface area (Å²) in [5.74, 6) is 0.856. The van der Waals surface area contributed by atoms with E-state index in [-0.39, 0.29) is 0 Å². The minimum absolute atomic E-state index is 0.617. The van der Waals surface area contributed by atoms with Crippen molar-refractivity contribution >= 4 is 0 Å². The van der Waals surface area contributed by atoms with Crippen LogP contribution in [0.25, 0.3) is 0 Å². The molecule has 0 aromatic heterocycles. The van der Waals surface area contributed by atoms with Crippen molar-refractivity contribution in [3.8, 4) is 0 Å². The average Bonchev–Trinajstić information content (AvgIpc) is 2.04. The van der Waals surface area contributed by atoms with Gasteiger partial charge in [0.15, 0.2) is 0 Å². The van der Waals surface area contributed by atoms with E-state index in [1.165, 1.54) is 25.9 Å². The molecule has 0 bridgehead atoms. The highest BCUT2D eigenvalue weighted by Crippen LogP contribution is 2.14. The van der Waals surface area contributed by atoms with Gasteiger partial charge in [-0.15, -0.1) is 0 Å². The molecule has 1 rings (SSSR count). The van der Waals surface area contributed by atoms with Gasteiger partial charge in [-0.2, -0.15) is 0 Å². The van der Waals surface area contributed by atoms with E-state index < -0.39 is 0 Å². The molecule has 0 spiro atoms. The molecule has 0 aromatic carbocycles. The Hall–Kier alpha value is -0.120. The molecular formula is C8H19N3. The summed E-state index contributed by atoms with van der Waals surface area (Å²) in [5.41, 5.74) is 5.35. The summed E-state index contributed by atoms with van der Waals surface area (Å²) < 4.78 is 0. The van der Waals surface area contributed by atoms with E-state index in [2.05, 4.69) is 17.3 Å². The molecule has 3 N–H and O–H groups in total. The van der Waals surface area contributed by atoms with Crippen LogP contribution in [0.2, 0.25) is 0 Å². The third-order valence-electron chi connectivity index (χ3n) is 2.42. The molecule has 1 aliphatic heterocycles. The van der Waals surface area contributed by atoms with Crippen molar-refractivity contribution in [2.45, 2.75) is 12.8 Å². The fourth-order valence-corrected chi connectivity index (χ4v) is 1.55. The fourth-order valence-electron chi connectivity index (χ4n) is 1.55. The quantitative estimate of drug-likeness (QED) is 0.559. The molecule has 0 radical (unpaired) electrons. The molecule has 1 aliphatic rings. The summed E-state index contributed by atoms with van der Waals surface area (Å²) in [4.78, 5) is 2.39. The van der Waals surface area contributed by atoms with Crippen molar-refractivity contribution < 1.29 is 0 Å². The van der Waals surface area contributed by atoms with Crippen molar-refractivity contribution in [3.05, 3.63) is 0 Å². The van der Waals surface area contributed by atoms with Crippen molar-refractivity contribution in [1.82, 2.24) is 10.2 Å². The Morgan fingerprint density at radius 2 is 2.09 bits per heavy atom. The molecule has 0 atom stereocenters. The summed E-state index contributed by atoms with van der Waals surface area (Å²) in [6, 6.07) is 0. The van der Waals surface area contributed by atoms with Crippen LogP contribution < -0.4 is 11.1 Å². The van der Waals surface area contributed by atoms with Crippen LogP contribution in [-0.2, 0) is 0 Å². The fraction of sp³-hybridized carbons (Fsp3) is 1.00. The van der Waals surface area contributed by atoms with E-state index in [0.29, 0.717) is 6.67 Å². The third-order valence-corrected chi connectivity index (χ3v) is 2.42. The molecule has 3 nitrogen and oxygen atoms in total. The minimum atomic E-state index is 0.617. The molecule has 0 amide bonds. The molecule has 1 heterocycles. The highest BCUT2D eigenvalue weighted by atomic mass is 15.1. The van der Waals surface area contributed by atoms with E-state index in [1.807, 2.05) is 0 Å². The number of rotatable bonds is 3. The highest BCUT2D eigenvalue weighted by Gasteiger charge is 2.15. The van der Waals surface area contributed by atoms with Crippen LogP contribution in [0, 0.1) is 5.92 Å². The van der Waals surface area contributed by atoms with Crippen LogP contribution in [0.3, 0.4) is 0 Å². The summed E-state index contributed by atoms with van der Waals surface area (Å²) in [6.07, 6.45) is 2.65. The van der Waals surface area contributed by atoms with Crippen LogP contribution in [-0.4, -0.2) is 38.3 Å². The molecule has 0 aliphatic carbocycles. The maximum Gasteiger partial charge on any atom is 0.0428 e. The minimum Gasteiger partial charge on any atom is -0.318 e. The number of nitrogens with one attached hydrogen (secondary N) is 1. The van der Waals surface area contributed by atoms with E-state index in [9.17, 15) is 0 Å². The van der Waals surface area contributed by atoms with Gasteiger partial charge in [-0.05, 0) is 45.4 Å². The number of nitrogens with zero attached hydrogens (tertiary/aromatic N) is 1. The number of piperidine rings is 1. The van der Waals surface area contributed by atoms with E-state index >= 15 is 0 Å². The van der Waals surface area contributed by atoms with Crippen LogP contribution in [0.15, 0.2) is 0 Å². The van der Waals surface area contributed by atoms with Crippen LogP contribution >= 0.6 is 0 Å². The summed E-state index contributed by atoms with van der Waals surface area (Å²) in [7, 11) is 2.19. The Morgan fingerprint density at radius 1 is 1.45 bits per heavy atom. The third kappa shape index (κ3) is 3.18. The largest absolute Gasteiger partial charge is 0.318 e. The second-order valence-corrected chi connectivity index (χ2v) is 3.40. The van der Waals surface area contributed by atoms with Gasteiger partial charge < -0.3 is 16.0 Å². The Bertz CT molecular complexity index is 94.8. The molecule has 1 fully saturated rings. The van der Waals surface area contributed by atoms with Crippen molar-refractivity contribution in [1.29, 1.82) is 0 Å². The Labute approximate surface area is 68.9 Å². The maximum atomic E-state index is 5.35. The SMILES string of the molecule is CN1CCC(CNCN)CC1. The zero-order valence-corrected chi connectivity index (χ0v) is 7.34. The number of likely N-dealkylation sites (tertiary alicyclic amines) is 1. The van der Waals surface area contributed by atoms with Crippen molar-refractivity contribution in [2.75, 3.05) is 33.4 Å². The smallest absolute Gasteiger partial charge is 0.0428 e. The highest BCUT2D eigenvalue weighted by molar-refractivity contribution is 4.71. The number of hydrogen-bond donors (Lipinski definition) is 2. The first kappa shape index (κ1) is 8.97. The van der Waals surface area contributed by atoms with Gasteiger partial charge in [0.25, 0.3) is 0 Å². The Kier molecular flexibility index (Phi) is 3.83. The molecule has 0 aromatic rings. The first-order chi connectivity index (χ1) is 5.33. The lowest BCUT2D eigenvalue weighted by molar-refractivity contribution is 0.216. The van der Waals surface area contributed by atoms with Crippen molar-refractivity contribution in [2.24, 2.45) is 11.7 Å². The molecular weight excluding hydrogens is 138 g/mol. The molecule has 1 saturated heterocycles. The standard InChI is InChI=1S/C8H19N3/c1-11-4-2-8(3-5-11)6-10-7-9/h8,10H,2-7,9H2,1H3. The Morgan fingerprint density at radius 3 is 2.64 bits per heavy atom. The summed E-state index contributed by atoms with van der Waals surface area (Å²) in [6.45, 7) is 4.21. The van der Waals surface area contributed by atoms with Gasteiger partial charge in [-0.25, -0.2) is 0 Å². The summed E-state index contributed by atoms with van der Waals surface area (Å²) >= 11 is 0. The van der Waals surface area contributed by atoms with Crippen molar-refractivity contribution in [3.63, 3.8) is 0 Å². The second-order valence-electron chi connectivity index (χ2n) is 3.40. The van der Waals surface area contributed by atoms with Gasteiger partial charge in [-0.3, -0.25) is 0 Å². The van der Waals surface area contributed by atoms with Gasteiger partial charge >= 0.3 is 0 Å². The lowest BCUT2D eigenvalue weighted by Crippen LogP contribution is -2.36. The Balaban J connectivity index is 2.07. The van der Waals surface area contributed by atoms with Gasteiger partial charge in [0.05, 0.1) is 0 Å². The van der Waals surface area contributed by atoms with E-state index in [4.69, 9.17) is 5.73 Å². The number of hydrogen-bond acceptors (Lipinski definition) is 3. The van der Waals surface area contributed by atoms with Gasteiger partial charge in [0.1, 0.15) is 0 Å². The second kappa shape index (κ2) is 4.70. The van der Waals surface area contributed by atoms with Gasteiger partial charge in [0.2, 0.25) is 0 Å². The first-order valence-corrected chi connectivity index (χ1v) is 4.42. The topological polar surface area (TPSA) is 41.3 Å². The zero-order chi connectivity index (χ0) is 8.10. The molecule has 11 heavy (non-hydrogen) atoms. The molecule has 3 heteroatoms.